The molecule has 0 bridgehead atoms. The number of hydrogen-bond acceptors (Lipinski definition) is 6. The van der Waals surface area contributed by atoms with Crippen LogP contribution >= 0.6 is 0 Å². The van der Waals surface area contributed by atoms with Crippen molar-refractivity contribution in [1.82, 2.24) is 4.90 Å². The van der Waals surface area contributed by atoms with Crippen molar-refractivity contribution in [3.63, 3.8) is 0 Å². The number of benzene rings is 1. The first-order chi connectivity index (χ1) is 13.8. The molecule has 0 spiro atoms. The Kier molecular flexibility index (Phi) is 4.85. The summed E-state index contributed by atoms with van der Waals surface area (Å²) in [5.74, 6) is -3.10. The number of aryl methyl sites for hydroxylation is 1. The van der Waals surface area contributed by atoms with Gasteiger partial charge in [0.1, 0.15) is 11.3 Å². The number of rotatable bonds is 4. The number of Topliss-reactive ketones (excluding diaryl/α,β-unsaturated/α-hetero) is 1. The van der Waals surface area contributed by atoms with Gasteiger partial charge in [0.2, 0.25) is 5.88 Å². The van der Waals surface area contributed by atoms with Crippen molar-refractivity contribution in [2.45, 2.75) is 40.2 Å². The molecule has 0 unspecified atom stereocenters. The van der Waals surface area contributed by atoms with Crippen molar-refractivity contribution in [2.24, 2.45) is 5.73 Å². The van der Waals surface area contributed by atoms with Gasteiger partial charge in [-0.25, -0.2) is 0 Å². The number of primary amides is 1. The Labute approximate surface area is 172 Å². The summed E-state index contributed by atoms with van der Waals surface area (Å²) in [6.07, 6.45) is 0. The monoisotopic (exact) mass is 411 g/mol. The lowest BCUT2D eigenvalue weighted by atomic mass is 10.0. The van der Waals surface area contributed by atoms with E-state index in [1.54, 1.807) is 20.8 Å². The summed E-state index contributed by atoms with van der Waals surface area (Å²) in [5.41, 5.74) is 4.79. The van der Waals surface area contributed by atoms with Crippen LogP contribution in [0.3, 0.4) is 0 Å². The van der Waals surface area contributed by atoms with Crippen LogP contribution in [0.25, 0.3) is 0 Å². The van der Waals surface area contributed by atoms with E-state index in [2.05, 4.69) is 5.32 Å². The van der Waals surface area contributed by atoms with Gasteiger partial charge in [-0.1, -0.05) is 0 Å². The number of hydrogen-bond donors (Lipinski definition) is 2. The van der Waals surface area contributed by atoms with Gasteiger partial charge in [0.15, 0.2) is 5.78 Å². The zero-order valence-electron chi connectivity index (χ0n) is 17.2. The van der Waals surface area contributed by atoms with Crippen molar-refractivity contribution in [2.75, 3.05) is 5.32 Å². The number of amides is 4. The minimum absolute atomic E-state index is 0.00616. The molecule has 0 saturated heterocycles. The van der Waals surface area contributed by atoms with Crippen LogP contribution in [0, 0.1) is 6.92 Å². The second-order valence-electron chi connectivity index (χ2n) is 7.99. The van der Waals surface area contributed by atoms with Gasteiger partial charge in [-0.15, -0.1) is 0 Å². The molecule has 0 saturated carbocycles. The maximum atomic E-state index is 12.7. The zero-order chi connectivity index (χ0) is 22.5. The quantitative estimate of drug-likeness (QED) is 0.585. The van der Waals surface area contributed by atoms with Crippen LogP contribution < -0.4 is 11.1 Å². The number of nitrogens with zero attached hydrogens (tertiary/aromatic N) is 1. The lowest BCUT2D eigenvalue weighted by Gasteiger charge is -2.29. The average molecular weight is 411 g/mol. The smallest absolute Gasteiger partial charge is 0.262 e. The summed E-state index contributed by atoms with van der Waals surface area (Å²) in [4.78, 5) is 62.8. The Morgan fingerprint density at radius 1 is 1.03 bits per heavy atom. The highest BCUT2D eigenvalue weighted by molar-refractivity contribution is 6.23. The molecular weight excluding hydrogens is 390 g/mol. The van der Waals surface area contributed by atoms with E-state index >= 15 is 0 Å². The molecule has 156 valence electrons. The van der Waals surface area contributed by atoms with Crippen molar-refractivity contribution in [1.29, 1.82) is 0 Å². The maximum Gasteiger partial charge on any atom is 0.262 e. The van der Waals surface area contributed by atoms with Crippen LogP contribution in [-0.4, -0.2) is 39.9 Å². The van der Waals surface area contributed by atoms with Gasteiger partial charge in [-0.3, -0.25) is 34.2 Å². The van der Waals surface area contributed by atoms with E-state index < -0.39 is 35.0 Å². The van der Waals surface area contributed by atoms with Crippen molar-refractivity contribution in [3.8, 4) is 0 Å². The summed E-state index contributed by atoms with van der Waals surface area (Å²) >= 11 is 0. The minimum atomic E-state index is -0.928. The lowest BCUT2D eigenvalue weighted by molar-refractivity contribution is 0.0507. The van der Waals surface area contributed by atoms with Crippen LogP contribution in [-0.2, 0) is 0 Å². The van der Waals surface area contributed by atoms with E-state index in [1.807, 2.05) is 0 Å². The van der Waals surface area contributed by atoms with Crippen LogP contribution in [0.5, 0.6) is 0 Å². The molecule has 3 rings (SSSR count). The Balaban J connectivity index is 1.97. The van der Waals surface area contributed by atoms with Gasteiger partial charge in [-0.05, 0) is 52.8 Å². The highest BCUT2D eigenvalue weighted by atomic mass is 16.4. The summed E-state index contributed by atoms with van der Waals surface area (Å²) in [6.45, 7) is 7.93. The number of ketones is 1. The normalized spacial score (nSPS) is 13.4. The SMILES string of the molecule is CC(=O)c1c(C)oc(NC(=O)c2ccc3c(c2)C(=O)N(C(C)(C)C)C3=O)c1C(N)=O. The zero-order valence-corrected chi connectivity index (χ0v) is 17.2. The third-order valence-electron chi connectivity index (χ3n) is 4.73. The third-order valence-corrected chi connectivity index (χ3v) is 4.73. The van der Waals surface area contributed by atoms with Crippen LogP contribution in [0.1, 0.15) is 85.2 Å². The summed E-state index contributed by atoms with van der Waals surface area (Å²) in [6, 6.07) is 4.10. The van der Waals surface area contributed by atoms with E-state index in [4.69, 9.17) is 10.2 Å². The Morgan fingerprint density at radius 3 is 2.17 bits per heavy atom. The fourth-order valence-electron chi connectivity index (χ4n) is 3.46. The lowest BCUT2D eigenvalue weighted by Crippen LogP contribution is -2.45. The molecule has 1 aromatic heterocycles. The number of nitrogens with two attached hydrogens (primary N) is 1. The molecule has 0 aliphatic carbocycles. The van der Waals surface area contributed by atoms with Gasteiger partial charge in [-0.2, -0.15) is 0 Å². The number of carbonyl (C=O) groups excluding carboxylic acids is 5. The molecule has 4 amide bonds. The molecule has 0 radical (unpaired) electrons. The minimum Gasteiger partial charge on any atom is -0.444 e. The third kappa shape index (κ3) is 3.28. The molecule has 0 fully saturated rings. The molecule has 2 aromatic rings. The maximum absolute atomic E-state index is 12.7. The molecule has 30 heavy (non-hydrogen) atoms. The molecule has 2 heterocycles. The Hall–Kier alpha value is -3.75. The number of fused-ring (bicyclic) bond motifs is 1. The molecule has 0 atom stereocenters. The second-order valence-corrected chi connectivity index (χ2v) is 7.99. The van der Waals surface area contributed by atoms with E-state index in [0.29, 0.717) is 0 Å². The van der Waals surface area contributed by atoms with Gasteiger partial charge >= 0.3 is 0 Å². The molecule has 9 nitrogen and oxygen atoms in total. The van der Waals surface area contributed by atoms with E-state index in [9.17, 15) is 24.0 Å². The first-order valence-corrected chi connectivity index (χ1v) is 9.13. The highest BCUT2D eigenvalue weighted by Gasteiger charge is 2.42. The second kappa shape index (κ2) is 6.94. The Morgan fingerprint density at radius 2 is 1.63 bits per heavy atom. The topological polar surface area (TPSA) is 140 Å². The fraction of sp³-hybridized carbons (Fsp3) is 0.286. The number of carbonyl (C=O) groups is 5. The number of anilines is 1. The first kappa shape index (κ1) is 21.0. The van der Waals surface area contributed by atoms with Gasteiger partial charge in [0.25, 0.3) is 23.6 Å². The standard InChI is InChI=1S/C21H21N3O6/c1-9(25)14-10(2)30-18(15(14)16(22)26)23-17(27)11-6-7-12-13(8-11)20(29)24(19(12)28)21(3,4)5/h6-8H,1-5H3,(H2,22,26)(H,23,27). The predicted molar refractivity (Wildman–Crippen MR) is 107 cm³/mol. The van der Waals surface area contributed by atoms with Gasteiger partial charge in [0.05, 0.1) is 16.7 Å². The van der Waals surface area contributed by atoms with Crippen LogP contribution in [0.2, 0.25) is 0 Å². The Bertz CT molecular complexity index is 1140. The summed E-state index contributed by atoms with van der Waals surface area (Å²) in [7, 11) is 0. The molecular formula is C21H21N3O6. The van der Waals surface area contributed by atoms with Gasteiger partial charge in [0, 0.05) is 11.1 Å². The molecule has 3 N–H and O–H groups in total. The van der Waals surface area contributed by atoms with Crippen molar-refractivity contribution < 1.29 is 28.4 Å². The van der Waals surface area contributed by atoms with E-state index in [0.717, 1.165) is 4.90 Å². The number of imide groups is 1. The molecule has 1 aromatic carbocycles. The highest BCUT2D eigenvalue weighted by Crippen LogP contribution is 2.31. The van der Waals surface area contributed by atoms with Crippen molar-refractivity contribution in [3.05, 3.63) is 51.8 Å². The molecule has 9 heteroatoms. The van der Waals surface area contributed by atoms with Crippen LogP contribution in [0.4, 0.5) is 5.88 Å². The predicted octanol–water partition coefficient (Wildman–Crippen LogP) is 2.54. The number of furan rings is 1. The number of nitrogens with one attached hydrogen (secondary N) is 1. The average Bonchev–Trinajstić information content (AvgIpc) is 3.08. The first-order valence-electron chi connectivity index (χ1n) is 9.13. The fourth-order valence-corrected chi connectivity index (χ4v) is 3.46. The molecule has 1 aliphatic rings. The van der Waals surface area contributed by atoms with Crippen LogP contribution in [0.15, 0.2) is 22.6 Å². The summed E-state index contributed by atoms with van der Waals surface area (Å²) < 4.78 is 5.37. The summed E-state index contributed by atoms with van der Waals surface area (Å²) in [5, 5.41) is 2.41. The van der Waals surface area contributed by atoms with E-state index in [-0.39, 0.29) is 39.5 Å². The molecule has 1 aliphatic heterocycles. The van der Waals surface area contributed by atoms with Crippen molar-refractivity contribution >= 4 is 35.3 Å². The van der Waals surface area contributed by atoms with E-state index in [1.165, 1.54) is 32.0 Å². The largest absolute Gasteiger partial charge is 0.444 e. The van der Waals surface area contributed by atoms with Gasteiger partial charge < -0.3 is 10.2 Å².